The highest BCUT2D eigenvalue weighted by atomic mass is 16.7. The Bertz CT molecular complexity index is 1520. The molecule has 1 saturated heterocycles. The molecule has 1 aromatic heterocycles. The molecule has 0 radical (unpaired) electrons. The van der Waals surface area contributed by atoms with Gasteiger partial charge in [0, 0.05) is 44.4 Å². The van der Waals surface area contributed by atoms with Crippen LogP contribution in [0.15, 0.2) is 66.7 Å². The lowest BCUT2D eigenvalue weighted by atomic mass is 10.1. The number of nitrogens with zero attached hydrogens (tertiary/aromatic N) is 4. The number of aromatic nitrogens is 2. The summed E-state index contributed by atoms with van der Waals surface area (Å²) in [4.78, 5) is 18.2. The average molecular weight is 541 g/mol. The fourth-order valence-corrected chi connectivity index (χ4v) is 5.13. The van der Waals surface area contributed by atoms with E-state index in [0.29, 0.717) is 36.0 Å². The van der Waals surface area contributed by atoms with E-state index in [1.807, 2.05) is 72.5 Å². The number of carbonyl (C=O) groups is 1. The fourth-order valence-electron chi connectivity index (χ4n) is 5.13. The van der Waals surface area contributed by atoms with Gasteiger partial charge >= 0.3 is 0 Å². The zero-order valence-electron chi connectivity index (χ0n) is 22.9. The number of ether oxygens (including phenoxy) is 4. The summed E-state index contributed by atoms with van der Waals surface area (Å²) in [6, 6.07) is 21.5. The van der Waals surface area contributed by atoms with Crippen molar-refractivity contribution < 1.29 is 23.7 Å². The molecule has 0 saturated carbocycles. The minimum Gasteiger partial charge on any atom is -0.497 e. The second-order valence-corrected chi connectivity index (χ2v) is 9.98. The van der Waals surface area contributed by atoms with Gasteiger partial charge in [-0.2, -0.15) is 5.10 Å². The number of aryl methyl sites for hydroxylation is 1. The zero-order valence-corrected chi connectivity index (χ0v) is 22.9. The normalized spacial score (nSPS) is 14.8. The standard InChI is InChI=1S/C31H32N4O5/c1-21-4-7-23(8-5-21)35-27(18-26(32-35)25-10-9-24(37-2)17-29(25)38-3)31(36)34-14-12-33(13-15-34)19-22-6-11-28-30(16-22)40-20-39-28/h4-11,16-18H,12-15,19-20H2,1-3H3. The first kappa shape index (κ1) is 25.8. The predicted molar refractivity (Wildman–Crippen MR) is 151 cm³/mol. The fraction of sp³-hybridized carbons (Fsp3) is 0.290. The van der Waals surface area contributed by atoms with Gasteiger partial charge in [0.1, 0.15) is 17.2 Å². The van der Waals surface area contributed by atoms with Gasteiger partial charge in [-0.25, -0.2) is 4.68 Å². The van der Waals surface area contributed by atoms with Crippen LogP contribution in [-0.2, 0) is 6.54 Å². The van der Waals surface area contributed by atoms with Crippen molar-refractivity contribution in [1.29, 1.82) is 0 Å². The van der Waals surface area contributed by atoms with E-state index >= 15 is 0 Å². The number of methoxy groups -OCH3 is 2. The third kappa shape index (κ3) is 5.08. The van der Waals surface area contributed by atoms with Gasteiger partial charge in [0.2, 0.25) is 6.79 Å². The molecule has 0 N–H and O–H groups in total. The minimum atomic E-state index is -0.0467. The van der Waals surface area contributed by atoms with Crippen LogP contribution in [0.25, 0.3) is 16.9 Å². The molecule has 1 fully saturated rings. The maximum Gasteiger partial charge on any atom is 0.272 e. The zero-order chi connectivity index (χ0) is 27.6. The van der Waals surface area contributed by atoms with Crippen molar-refractivity contribution in [2.75, 3.05) is 47.2 Å². The van der Waals surface area contributed by atoms with Crippen LogP contribution in [0.1, 0.15) is 21.6 Å². The number of fused-ring (bicyclic) bond motifs is 1. The second-order valence-electron chi connectivity index (χ2n) is 9.98. The van der Waals surface area contributed by atoms with Crippen LogP contribution in [0.3, 0.4) is 0 Å². The first-order valence-corrected chi connectivity index (χ1v) is 13.3. The van der Waals surface area contributed by atoms with Crippen molar-refractivity contribution >= 4 is 5.91 Å². The summed E-state index contributed by atoms with van der Waals surface area (Å²) in [5.74, 6) is 2.85. The molecular formula is C31H32N4O5. The van der Waals surface area contributed by atoms with E-state index < -0.39 is 0 Å². The van der Waals surface area contributed by atoms with Crippen molar-refractivity contribution in [2.24, 2.45) is 0 Å². The minimum absolute atomic E-state index is 0.0467. The molecular weight excluding hydrogens is 508 g/mol. The van der Waals surface area contributed by atoms with Crippen molar-refractivity contribution in [1.82, 2.24) is 19.6 Å². The van der Waals surface area contributed by atoms with E-state index in [0.717, 1.165) is 47.9 Å². The third-order valence-electron chi connectivity index (χ3n) is 7.39. The molecule has 9 nitrogen and oxygen atoms in total. The molecule has 9 heteroatoms. The van der Waals surface area contributed by atoms with Crippen LogP contribution in [0.4, 0.5) is 0 Å². The van der Waals surface area contributed by atoms with Crippen LogP contribution in [0, 0.1) is 6.92 Å². The molecule has 0 spiro atoms. The third-order valence-corrected chi connectivity index (χ3v) is 7.39. The maximum absolute atomic E-state index is 13.9. The number of rotatable bonds is 7. The van der Waals surface area contributed by atoms with E-state index in [4.69, 9.17) is 24.0 Å². The number of hydrogen-bond acceptors (Lipinski definition) is 7. The van der Waals surface area contributed by atoms with Crippen LogP contribution in [0.5, 0.6) is 23.0 Å². The first-order chi connectivity index (χ1) is 19.5. The summed E-state index contributed by atoms with van der Waals surface area (Å²) >= 11 is 0. The molecule has 2 aliphatic heterocycles. The lowest BCUT2D eigenvalue weighted by Gasteiger charge is -2.34. The van der Waals surface area contributed by atoms with Gasteiger partial charge in [0.05, 0.1) is 25.6 Å². The van der Waals surface area contributed by atoms with Crippen molar-refractivity contribution in [3.8, 4) is 39.9 Å². The summed E-state index contributed by atoms with van der Waals surface area (Å²) in [5, 5.41) is 4.88. The second kappa shape index (κ2) is 10.9. The van der Waals surface area contributed by atoms with Gasteiger partial charge in [0.25, 0.3) is 5.91 Å². The molecule has 2 aliphatic rings. The topological polar surface area (TPSA) is 78.3 Å². The summed E-state index contributed by atoms with van der Waals surface area (Å²) in [6.45, 7) is 5.91. The number of carbonyl (C=O) groups excluding carboxylic acids is 1. The Labute approximate surface area is 233 Å². The van der Waals surface area contributed by atoms with E-state index in [-0.39, 0.29) is 12.7 Å². The number of piperazine rings is 1. The molecule has 0 bridgehead atoms. The van der Waals surface area contributed by atoms with E-state index in [9.17, 15) is 4.79 Å². The van der Waals surface area contributed by atoms with Crippen molar-refractivity contribution in [3.05, 3.63) is 83.6 Å². The summed E-state index contributed by atoms with van der Waals surface area (Å²) in [7, 11) is 3.23. The monoisotopic (exact) mass is 540 g/mol. The van der Waals surface area contributed by atoms with Gasteiger partial charge in [-0.1, -0.05) is 23.8 Å². The quantitative estimate of drug-likeness (QED) is 0.340. The molecule has 3 heterocycles. The number of hydrogen-bond donors (Lipinski definition) is 0. The Morgan fingerprint density at radius 3 is 2.40 bits per heavy atom. The summed E-state index contributed by atoms with van der Waals surface area (Å²) in [5.41, 5.74) is 5.09. The lowest BCUT2D eigenvalue weighted by Crippen LogP contribution is -2.48. The van der Waals surface area contributed by atoms with E-state index in [1.54, 1.807) is 18.9 Å². The molecule has 4 aromatic rings. The average Bonchev–Trinajstić information content (AvgIpc) is 3.65. The van der Waals surface area contributed by atoms with Gasteiger partial charge in [-0.05, 0) is 55.0 Å². The predicted octanol–water partition coefficient (Wildman–Crippen LogP) is 4.55. The lowest BCUT2D eigenvalue weighted by molar-refractivity contribution is 0.0619. The number of benzene rings is 3. The highest BCUT2D eigenvalue weighted by Gasteiger charge is 2.27. The SMILES string of the molecule is COc1ccc(-c2cc(C(=O)N3CCN(Cc4ccc5c(c4)OCO5)CC3)n(-c3ccc(C)cc3)n2)c(OC)c1. The van der Waals surface area contributed by atoms with E-state index in [1.165, 1.54) is 5.56 Å². The Morgan fingerprint density at radius 2 is 1.65 bits per heavy atom. The highest BCUT2D eigenvalue weighted by molar-refractivity contribution is 5.94. The molecule has 0 aliphatic carbocycles. The molecule has 206 valence electrons. The van der Waals surface area contributed by atoms with Gasteiger partial charge in [-0.15, -0.1) is 0 Å². The molecule has 1 amide bonds. The highest BCUT2D eigenvalue weighted by Crippen LogP contribution is 2.35. The van der Waals surface area contributed by atoms with Gasteiger partial charge in [-0.3, -0.25) is 9.69 Å². The van der Waals surface area contributed by atoms with Crippen molar-refractivity contribution in [3.63, 3.8) is 0 Å². The van der Waals surface area contributed by atoms with Crippen LogP contribution < -0.4 is 18.9 Å². The Kier molecular flexibility index (Phi) is 7.04. The molecule has 40 heavy (non-hydrogen) atoms. The van der Waals surface area contributed by atoms with Crippen molar-refractivity contribution in [2.45, 2.75) is 13.5 Å². The maximum atomic E-state index is 13.9. The molecule has 0 unspecified atom stereocenters. The van der Waals surface area contributed by atoms with E-state index in [2.05, 4.69) is 11.0 Å². The Balaban J connectivity index is 1.24. The van der Waals surface area contributed by atoms with Gasteiger partial charge < -0.3 is 23.8 Å². The molecule has 0 atom stereocenters. The van der Waals surface area contributed by atoms with Crippen LogP contribution in [0.2, 0.25) is 0 Å². The largest absolute Gasteiger partial charge is 0.497 e. The smallest absolute Gasteiger partial charge is 0.272 e. The Morgan fingerprint density at radius 1 is 0.875 bits per heavy atom. The Hall–Kier alpha value is -4.50. The molecule has 6 rings (SSSR count). The first-order valence-electron chi connectivity index (χ1n) is 13.3. The number of amides is 1. The van der Waals surface area contributed by atoms with Crippen LogP contribution in [-0.4, -0.2) is 72.7 Å². The molecule has 3 aromatic carbocycles. The summed E-state index contributed by atoms with van der Waals surface area (Å²) in [6.07, 6.45) is 0. The summed E-state index contributed by atoms with van der Waals surface area (Å²) < 4.78 is 23.7. The van der Waals surface area contributed by atoms with Crippen LogP contribution >= 0.6 is 0 Å². The van der Waals surface area contributed by atoms with Gasteiger partial charge in [0.15, 0.2) is 11.5 Å².